The summed E-state index contributed by atoms with van der Waals surface area (Å²) in [5.74, 6) is -0.614. The van der Waals surface area contributed by atoms with Gasteiger partial charge in [-0.15, -0.1) is 0 Å². The molecule has 0 saturated carbocycles. The van der Waals surface area contributed by atoms with Crippen molar-refractivity contribution in [2.45, 2.75) is 6.42 Å². The molecule has 0 unspecified atom stereocenters. The van der Waals surface area contributed by atoms with Gasteiger partial charge < -0.3 is 15.0 Å². The highest BCUT2D eigenvalue weighted by atomic mass is 79.9. The molecule has 1 N–H and O–H groups in total. The van der Waals surface area contributed by atoms with Gasteiger partial charge in [-0.25, -0.2) is 4.39 Å². The van der Waals surface area contributed by atoms with Crippen LogP contribution in [0.1, 0.15) is 6.42 Å². The maximum Gasteiger partial charge on any atom is 0.229 e. The molecule has 0 aliphatic carbocycles. The van der Waals surface area contributed by atoms with Crippen LogP contribution in [0.15, 0.2) is 46.9 Å². The summed E-state index contributed by atoms with van der Waals surface area (Å²) in [6, 6.07) is 10.9. The largest absolute Gasteiger partial charge is 0.495 e. The monoisotopic (exact) mass is 406 g/mol. The quantitative estimate of drug-likeness (QED) is 0.843. The maximum atomic E-state index is 13.0. The number of carbonyl (C=O) groups is 2. The molecule has 25 heavy (non-hydrogen) atoms. The minimum Gasteiger partial charge on any atom is -0.495 e. The summed E-state index contributed by atoms with van der Waals surface area (Å²) in [6.07, 6.45) is 0.122. The van der Waals surface area contributed by atoms with Gasteiger partial charge in [-0.2, -0.15) is 0 Å². The van der Waals surface area contributed by atoms with Gasteiger partial charge in [0.05, 0.1) is 17.5 Å². The zero-order valence-corrected chi connectivity index (χ0v) is 15.0. The molecular weight excluding hydrogens is 391 g/mol. The Morgan fingerprint density at radius 1 is 1.28 bits per heavy atom. The van der Waals surface area contributed by atoms with Gasteiger partial charge in [-0.3, -0.25) is 9.59 Å². The molecule has 3 rings (SSSR count). The van der Waals surface area contributed by atoms with Crippen molar-refractivity contribution in [2.75, 3.05) is 23.9 Å². The van der Waals surface area contributed by atoms with Crippen LogP contribution in [0.4, 0.5) is 15.8 Å². The Hall–Kier alpha value is -2.41. The highest BCUT2D eigenvalue weighted by molar-refractivity contribution is 9.10. The summed E-state index contributed by atoms with van der Waals surface area (Å²) in [5, 5.41) is 2.81. The van der Waals surface area contributed by atoms with Crippen LogP contribution in [-0.4, -0.2) is 25.5 Å². The fraction of sp³-hybridized carbons (Fsp3) is 0.222. The number of ether oxygens (including phenoxy) is 1. The fourth-order valence-electron chi connectivity index (χ4n) is 2.74. The Bertz CT molecular complexity index is 810. The molecular formula is C18H16BrFN2O3. The van der Waals surface area contributed by atoms with Crippen LogP contribution >= 0.6 is 15.9 Å². The Kier molecular flexibility index (Phi) is 5.03. The van der Waals surface area contributed by atoms with Crippen LogP contribution < -0.4 is 15.0 Å². The van der Waals surface area contributed by atoms with E-state index in [1.807, 2.05) is 0 Å². The van der Waals surface area contributed by atoms with Crippen molar-refractivity contribution >= 4 is 39.1 Å². The van der Waals surface area contributed by atoms with Crippen LogP contribution in [0.25, 0.3) is 0 Å². The van der Waals surface area contributed by atoms with Gasteiger partial charge in [-0.05, 0) is 52.3 Å². The highest BCUT2D eigenvalue weighted by Crippen LogP contribution is 2.29. The Balaban J connectivity index is 1.69. The lowest BCUT2D eigenvalue weighted by atomic mass is 10.1. The summed E-state index contributed by atoms with van der Waals surface area (Å²) in [4.78, 5) is 26.2. The number of carbonyl (C=O) groups excluding carboxylic acids is 2. The molecule has 130 valence electrons. The molecule has 0 spiro atoms. The number of halogens is 2. The molecule has 1 saturated heterocycles. The number of nitrogens with zero attached hydrogens (tertiary/aromatic N) is 1. The lowest BCUT2D eigenvalue weighted by Gasteiger charge is -2.16. The summed E-state index contributed by atoms with van der Waals surface area (Å²) < 4.78 is 19.0. The minimum atomic E-state index is -0.466. The molecule has 1 fully saturated rings. The minimum absolute atomic E-state index is 0.122. The summed E-state index contributed by atoms with van der Waals surface area (Å²) in [5.41, 5.74) is 1.18. The zero-order valence-electron chi connectivity index (χ0n) is 13.5. The zero-order chi connectivity index (χ0) is 18.0. The second kappa shape index (κ2) is 7.23. The third-order valence-corrected chi connectivity index (χ3v) is 4.71. The van der Waals surface area contributed by atoms with E-state index in [1.165, 1.54) is 29.2 Å². The molecule has 1 heterocycles. The van der Waals surface area contributed by atoms with Crippen molar-refractivity contribution in [3.63, 3.8) is 0 Å². The van der Waals surface area contributed by atoms with Gasteiger partial charge in [0.2, 0.25) is 11.8 Å². The van der Waals surface area contributed by atoms with E-state index in [4.69, 9.17) is 4.74 Å². The van der Waals surface area contributed by atoms with E-state index in [2.05, 4.69) is 21.2 Å². The normalized spacial score (nSPS) is 16.8. The van der Waals surface area contributed by atoms with E-state index in [0.29, 0.717) is 17.1 Å². The van der Waals surface area contributed by atoms with Gasteiger partial charge in [0, 0.05) is 30.4 Å². The third kappa shape index (κ3) is 3.82. The Morgan fingerprint density at radius 3 is 2.68 bits per heavy atom. The Morgan fingerprint density at radius 2 is 2.00 bits per heavy atom. The first-order chi connectivity index (χ1) is 12.0. The van der Waals surface area contributed by atoms with Gasteiger partial charge >= 0.3 is 0 Å². The summed E-state index contributed by atoms with van der Waals surface area (Å²) in [7, 11) is 1.54. The first-order valence-electron chi connectivity index (χ1n) is 7.68. The second-order valence-electron chi connectivity index (χ2n) is 5.72. The summed E-state index contributed by atoms with van der Waals surface area (Å²) in [6.45, 7) is 0.268. The number of nitrogens with one attached hydrogen (secondary N) is 1. The van der Waals surface area contributed by atoms with Crippen LogP contribution in [0, 0.1) is 11.7 Å². The SMILES string of the molecule is COc1cc(NC(=O)[C@@H]2CC(=O)N(c3ccc(F)cc3)C2)ccc1Br. The van der Waals surface area contributed by atoms with E-state index in [0.717, 1.165) is 4.47 Å². The molecule has 2 aromatic rings. The molecule has 2 amide bonds. The molecule has 1 atom stereocenters. The van der Waals surface area contributed by atoms with Crippen molar-refractivity contribution in [3.05, 3.63) is 52.8 Å². The van der Waals surface area contributed by atoms with Crippen molar-refractivity contribution in [2.24, 2.45) is 5.92 Å². The average Bonchev–Trinajstić information content (AvgIpc) is 2.99. The maximum absolute atomic E-state index is 13.0. The topological polar surface area (TPSA) is 58.6 Å². The van der Waals surface area contributed by atoms with E-state index >= 15 is 0 Å². The number of amides is 2. The number of rotatable bonds is 4. The smallest absolute Gasteiger partial charge is 0.229 e. The van der Waals surface area contributed by atoms with E-state index in [1.54, 1.807) is 25.3 Å². The highest BCUT2D eigenvalue weighted by Gasteiger charge is 2.35. The fourth-order valence-corrected chi connectivity index (χ4v) is 3.14. The van der Waals surface area contributed by atoms with Crippen LogP contribution in [0.3, 0.4) is 0 Å². The average molecular weight is 407 g/mol. The second-order valence-corrected chi connectivity index (χ2v) is 6.57. The lowest BCUT2D eigenvalue weighted by molar-refractivity contribution is -0.122. The number of hydrogen-bond donors (Lipinski definition) is 1. The standard InChI is InChI=1S/C18H16BrFN2O3/c1-25-16-9-13(4-7-15(16)19)21-18(24)11-8-17(23)22(10-11)14-5-2-12(20)3-6-14/h2-7,9,11H,8,10H2,1H3,(H,21,24)/t11-/m1/s1. The van der Waals surface area contributed by atoms with Gasteiger partial charge in [0.1, 0.15) is 11.6 Å². The predicted octanol–water partition coefficient (Wildman–Crippen LogP) is 3.59. The van der Waals surface area contributed by atoms with Gasteiger partial charge in [0.15, 0.2) is 0 Å². The van der Waals surface area contributed by atoms with Gasteiger partial charge in [0.25, 0.3) is 0 Å². The molecule has 5 nitrogen and oxygen atoms in total. The predicted molar refractivity (Wildman–Crippen MR) is 96.2 cm³/mol. The van der Waals surface area contributed by atoms with Crippen molar-refractivity contribution in [1.29, 1.82) is 0 Å². The van der Waals surface area contributed by atoms with E-state index in [9.17, 15) is 14.0 Å². The van der Waals surface area contributed by atoms with Crippen LogP contribution in [-0.2, 0) is 9.59 Å². The van der Waals surface area contributed by atoms with E-state index < -0.39 is 5.92 Å². The number of benzene rings is 2. The molecule has 0 bridgehead atoms. The first-order valence-corrected chi connectivity index (χ1v) is 8.47. The number of anilines is 2. The van der Waals surface area contributed by atoms with Crippen molar-refractivity contribution in [3.8, 4) is 5.75 Å². The molecule has 2 aromatic carbocycles. The summed E-state index contributed by atoms with van der Waals surface area (Å²) >= 11 is 3.35. The van der Waals surface area contributed by atoms with Crippen molar-refractivity contribution < 1.29 is 18.7 Å². The lowest BCUT2D eigenvalue weighted by Crippen LogP contribution is -2.28. The molecule has 0 aromatic heterocycles. The van der Waals surface area contributed by atoms with Crippen LogP contribution in [0.2, 0.25) is 0 Å². The molecule has 1 aliphatic rings. The first kappa shape index (κ1) is 17.4. The molecule has 0 radical (unpaired) electrons. The third-order valence-electron chi connectivity index (χ3n) is 4.05. The van der Waals surface area contributed by atoms with E-state index in [-0.39, 0.29) is 30.6 Å². The molecule has 1 aliphatic heterocycles. The van der Waals surface area contributed by atoms with Crippen molar-refractivity contribution in [1.82, 2.24) is 0 Å². The number of hydrogen-bond acceptors (Lipinski definition) is 3. The molecule has 7 heteroatoms. The Labute approximate surface area is 152 Å². The number of methoxy groups -OCH3 is 1. The van der Waals surface area contributed by atoms with Crippen LogP contribution in [0.5, 0.6) is 5.75 Å². The van der Waals surface area contributed by atoms with Gasteiger partial charge in [-0.1, -0.05) is 0 Å².